The summed E-state index contributed by atoms with van der Waals surface area (Å²) in [4.78, 5) is 9.77. The van der Waals surface area contributed by atoms with Gasteiger partial charge in [-0.1, -0.05) is 18.3 Å². The number of thiazole rings is 1. The Morgan fingerprint density at radius 3 is 2.78 bits per heavy atom. The van der Waals surface area contributed by atoms with Crippen LogP contribution in [-0.2, 0) is 10.0 Å². The molecule has 7 heteroatoms. The number of aromatic nitrogens is 2. The molecule has 0 saturated heterocycles. The van der Waals surface area contributed by atoms with Crippen LogP contribution in [0, 0.1) is 6.92 Å². The molecule has 0 aliphatic rings. The topological polar surface area (TPSA) is 72.0 Å². The molecular formula is C16H17N3O2S2. The monoisotopic (exact) mass is 347 g/mol. The summed E-state index contributed by atoms with van der Waals surface area (Å²) in [5.41, 5.74) is 3.32. The largest absolute Gasteiger partial charge is 0.283 e. The van der Waals surface area contributed by atoms with E-state index in [0.717, 1.165) is 26.5 Å². The second-order valence-electron chi connectivity index (χ2n) is 5.30. The van der Waals surface area contributed by atoms with Crippen molar-refractivity contribution in [3.05, 3.63) is 42.1 Å². The number of benzene rings is 1. The van der Waals surface area contributed by atoms with Crippen LogP contribution in [0.15, 0.2) is 36.5 Å². The molecule has 0 spiro atoms. The molecule has 0 unspecified atom stereocenters. The summed E-state index contributed by atoms with van der Waals surface area (Å²) in [5, 5.41) is 0.879. The molecule has 0 saturated carbocycles. The number of nitrogens with zero attached hydrogens (tertiary/aromatic N) is 2. The van der Waals surface area contributed by atoms with Crippen molar-refractivity contribution >= 4 is 37.4 Å². The highest BCUT2D eigenvalue weighted by atomic mass is 32.2. The Labute approximate surface area is 139 Å². The zero-order valence-corrected chi connectivity index (χ0v) is 14.5. The van der Waals surface area contributed by atoms with Crippen molar-refractivity contribution in [2.45, 2.75) is 20.3 Å². The molecule has 0 amide bonds. The van der Waals surface area contributed by atoms with Gasteiger partial charge in [0.05, 0.1) is 11.4 Å². The van der Waals surface area contributed by atoms with Gasteiger partial charge in [-0.2, -0.15) is 0 Å². The number of anilines is 1. The maximum atomic E-state index is 11.9. The number of hydrogen-bond donors (Lipinski definition) is 1. The van der Waals surface area contributed by atoms with E-state index in [1.165, 1.54) is 11.3 Å². The van der Waals surface area contributed by atoms with Crippen LogP contribution < -0.4 is 4.72 Å². The van der Waals surface area contributed by atoms with Gasteiger partial charge in [-0.15, -0.1) is 0 Å². The highest BCUT2D eigenvalue weighted by Gasteiger charge is 2.12. The number of hydrogen-bond acceptors (Lipinski definition) is 5. The first kappa shape index (κ1) is 15.9. The standard InChI is InChI=1S/C16H17N3O2S2/c1-3-9-23(20,21)19-13-7-6-12(10-11(13)2)15-18-14-5-4-8-17-16(14)22-15/h4-8,10,19H,3,9H2,1-2H3. The summed E-state index contributed by atoms with van der Waals surface area (Å²) in [6.45, 7) is 3.73. The first-order chi connectivity index (χ1) is 11.0. The van der Waals surface area contributed by atoms with Crippen LogP contribution in [0.4, 0.5) is 5.69 Å². The zero-order chi connectivity index (χ0) is 16.4. The van der Waals surface area contributed by atoms with Crippen LogP contribution in [0.5, 0.6) is 0 Å². The van der Waals surface area contributed by atoms with Gasteiger partial charge in [-0.3, -0.25) is 4.72 Å². The molecule has 3 aromatic rings. The first-order valence-electron chi connectivity index (χ1n) is 7.31. The molecule has 0 bridgehead atoms. The van der Waals surface area contributed by atoms with Gasteiger partial charge >= 0.3 is 0 Å². The summed E-state index contributed by atoms with van der Waals surface area (Å²) in [6, 6.07) is 9.42. The third-order valence-corrected chi connectivity index (χ3v) is 5.88. The summed E-state index contributed by atoms with van der Waals surface area (Å²) in [6.07, 6.45) is 2.34. The molecule has 0 aliphatic heterocycles. The van der Waals surface area contributed by atoms with Gasteiger partial charge in [0, 0.05) is 11.8 Å². The molecule has 2 heterocycles. The molecule has 0 radical (unpaired) electrons. The highest BCUT2D eigenvalue weighted by Crippen LogP contribution is 2.31. The Morgan fingerprint density at radius 2 is 2.09 bits per heavy atom. The van der Waals surface area contributed by atoms with E-state index in [-0.39, 0.29) is 5.75 Å². The Hall–Kier alpha value is -1.99. The van der Waals surface area contributed by atoms with Gasteiger partial charge in [0.2, 0.25) is 10.0 Å². The lowest BCUT2D eigenvalue weighted by atomic mass is 10.1. The third-order valence-electron chi connectivity index (χ3n) is 3.38. The van der Waals surface area contributed by atoms with Crippen LogP contribution in [0.1, 0.15) is 18.9 Å². The number of aryl methyl sites for hydroxylation is 1. The lowest BCUT2D eigenvalue weighted by molar-refractivity contribution is 0.600. The minimum Gasteiger partial charge on any atom is -0.283 e. The number of fused-ring (bicyclic) bond motifs is 1. The van der Waals surface area contributed by atoms with Gasteiger partial charge in [0.25, 0.3) is 0 Å². The average molecular weight is 347 g/mol. The maximum absolute atomic E-state index is 11.9. The van der Waals surface area contributed by atoms with E-state index < -0.39 is 10.0 Å². The number of nitrogens with one attached hydrogen (secondary N) is 1. The predicted molar refractivity (Wildman–Crippen MR) is 95.3 cm³/mol. The molecule has 1 aromatic carbocycles. The number of sulfonamides is 1. The molecule has 3 rings (SSSR count). The van der Waals surface area contributed by atoms with E-state index in [1.807, 2.05) is 38.1 Å². The van der Waals surface area contributed by atoms with E-state index in [0.29, 0.717) is 12.1 Å². The van der Waals surface area contributed by atoms with Gasteiger partial charge in [-0.25, -0.2) is 18.4 Å². The second-order valence-corrected chi connectivity index (χ2v) is 8.12. The minimum atomic E-state index is -3.28. The lowest BCUT2D eigenvalue weighted by Crippen LogP contribution is -2.16. The summed E-state index contributed by atoms with van der Waals surface area (Å²) in [5.74, 6) is 0.123. The number of pyridine rings is 1. The summed E-state index contributed by atoms with van der Waals surface area (Å²) < 4.78 is 26.4. The fourth-order valence-corrected chi connectivity index (χ4v) is 4.40. The third kappa shape index (κ3) is 3.51. The van der Waals surface area contributed by atoms with Crippen molar-refractivity contribution in [1.29, 1.82) is 0 Å². The summed E-state index contributed by atoms with van der Waals surface area (Å²) >= 11 is 1.53. The molecule has 0 aliphatic carbocycles. The quantitative estimate of drug-likeness (QED) is 0.761. The van der Waals surface area contributed by atoms with Gasteiger partial charge in [0.15, 0.2) is 0 Å². The van der Waals surface area contributed by atoms with Crippen molar-refractivity contribution < 1.29 is 8.42 Å². The Balaban J connectivity index is 1.92. The van der Waals surface area contributed by atoms with Crippen molar-refractivity contribution in [2.75, 3.05) is 10.5 Å². The molecule has 23 heavy (non-hydrogen) atoms. The Kier molecular flexibility index (Phi) is 4.32. The average Bonchev–Trinajstić information content (AvgIpc) is 2.93. The minimum absolute atomic E-state index is 0.123. The summed E-state index contributed by atoms with van der Waals surface area (Å²) in [7, 11) is -3.28. The normalized spacial score (nSPS) is 11.7. The Bertz CT molecular complexity index is 916. The van der Waals surface area contributed by atoms with Crippen LogP contribution >= 0.6 is 11.3 Å². The van der Waals surface area contributed by atoms with E-state index in [1.54, 1.807) is 12.3 Å². The molecule has 0 fully saturated rings. The fourth-order valence-electron chi connectivity index (χ4n) is 2.29. The van der Waals surface area contributed by atoms with Gasteiger partial charge < -0.3 is 0 Å². The van der Waals surface area contributed by atoms with E-state index >= 15 is 0 Å². The predicted octanol–water partition coefficient (Wildman–Crippen LogP) is 3.82. The molecule has 120 valence electrons. The second kappa shape index (κ2) is 6.25. The van der Waals surface area contributed by atoms with Crippen molar-refractivity contribution in [3.63, 3.8) is 0 Å². The van der Waals surface area contributed by atoms with E-state index in [4.69, 9.17) is 0 Å². The van der Waals surface area contributed by atoms with E-state index in [2.05, 4.69) is 14.7 Å². The zero-order valence-electron chi connectivity index (χ0n) is 12.9. The SMILES string of the molecule is CCCS(=O)(=O)Nc1ccc(-c2nc3cccnc3s2)cc1C. The van der Waals surface area contributed by atoms with Crippen molar-refractivity contribution in [1.82, 2.24) is 9.97 Å². The molecule has 0 atom stereocenters. The van der Waals surface area contributed by atoms with Crippen LogP contribution in [0.25, 0.3) is 20.9 Å². The van der Waals surface area contributed by atoms with Crippen LogP contribution in [0.2, 0.25) is 0 Å². The molecular weight excluding hydrogens is 330 g/mol. The fraction of sp³-hybridized carbons (Fsp3) is 0.250. The highest BCUT2D eigenvalue weighted by molar-refractivity contribution is 7.92. The Morgan fingerprint density at radius 1 is 1.26 bits per heavy atom. The number of rotatable bonds is 5. The molecule has 5 nitrogen and oxygen atoms in total. The first-order valence-corrected chi connectivity index (χ1v) is 9.78. The maximum Gasteiger partial charge on any atom is 0.232 e. The molecule has 1 N–H and O–H groups in total. The van der Waals surface area contributed by atoms with Crippen LogP contribution in [-0.4, -0.2) is 24.1 Å². The lowest BCUT2D eigenvalue weighted by Gasteiger charge is -2.10. The smallest absolute Gasteiger partial charge is 0.232 e. The van der Waals surface area contributed by atoms with Crippen LogP contribution in [0.3, 0.4) is 0 Å². The van der Waals surface area contributed by atoms with Crippen molar-refractivity contribution in [2.24, 2.45) is 0 Å². The van der Waals surface area contributed by atoms with Gasteiger partial charge in [-0.05, 0) is 49.2 Å². The van der Waals surface area contributed by atoms with Gasteiger partial charge in [0.1, 0.15) is 15.4 Å². The molecule has 2 aromatic heterocycles. The van der Waals surface area contributed by atoms with E-state index in [9.17, 15) is 8.42 Å². The van der Waals surface area contributed by atoms with Crippen molar-refractivity contribution in [3.8, 4) is 10.6 Å².